The molecule has 25 heavy (non-hydrogen) atoms. The molecule has 0 aromatic heterocycles. The van der Waals surface area contributed by atoms with Gasteiger partial charge in [0.05, 0.1) is 14.2 Å². The first-order valence-electron chi connectivity index (χ1n) is 8.82. The van der Waals surface area contributed by atoms with Gasteiger partial charge in [0.15, 0.2) is 5.11 Å². The van der Waals surface area contributed by atoms with Crippen LogP contribution in [0, 0.1) is 5.92 Å². The summed E-state index contributed by atoms with van der Waals surface area (Å²) in [6.45, 7) is 5.85. The fourth-order valence-electron chi connectivity index (χ4n) is 2.56. The van der Waals surface area contributed by atoms with Gasteiger partial charge >= 0.3 is 5.97 Å². The fourth-order valence-corrected chi connectivity index (χ4v) is 2.72. The average Bonchev–Trinajstić information content (AvgIpc) is 2.65. The normalized spacial score (nSPS) is 11.5. The van der Waals surface area contributed by atoms with Crippen molar-refractivity contribution in [1.82, 2.24) is 10.6 Å². The first-order valence-corrected chi connectivity index (χ1v) is 9.23. The van der Waals surface area contributed by atoms with Crippen molar-refractivity contribution in [1.29, 1.82) is 0 Å². The summed E-state index contributed by atoms with van der Waals surface area (Å²) in [5.41, 5.74) is 1.34. The topological polar surface area (TPSA) is 59.6 Å². The lowest BCUT2D eigenvalue weighted by molar-refractivity contribution is 0.0597. The number of methoxy groups -OCH3 is 2. The number of carbonyl (C=O) groups excluding carboxylic acids is 1. The fraction of sp³-hybridized carbons (Fsp3) is 0.579. The van der Waals surface area contributed by atoms with Gasteiger partial charge in [-0.25, -0.2) is 4.79 Å². The molecule has 1 aromatic carbocycles. The van der Waals surface area contributed by atoms with Crippen LogP contribution in [0.2, 0.25) is 0 Å². The molecule has 0 heterocycles. The van der Waals surface area contributed by atoms with Crippen molar-refractivity contribution in [2.24, 2.45) is 5.92 Å². The van der Waals surface area contributed by atoms with E-state index in [1.54, 1.807) is 12.1 Å². The molecule has 0 fully saturated rings. The maximum absolute atomic E-state index is 11.8. The van der Waals surface area contributed by atoms with Crippen molar-refractivity contribution >= 4 is 23.3 Å². The second-order valence-electron chi connectivity index (χ2n) is 6.01. The van der Waals surface area contributed by atoms with E-state index in [1.165, 1.54) is 33.5 Å². The van der Waals surface area contributed by atoms with E-state index in [1.807, 2.05) is 6.07 Å². The van der Waals surface area contributed by atoms with Crippen LogP contribution in [0.1, 0.15) is 55.5 Å². The Morgan fingerprint density at radius 2 is 2.00 bits per heavy atom. The van der Waals surface area contributed by atoms with Gasteiger partial charge < -0.3 is 20.1 Å². The number of esters is 1. The van der Waals surface area contributed by atoms with Crippen molar-refractivity contribution in [2.75, 3.05) is 20.8 Å². The van der Waals surface area contributed by atoms with Crippen molar-refractivity contribution in [3.63, 3.8) is 0 Å². The second kappa shape index (κ2) is 11.7. The smallest absolute Gasteiger partial charge is 0.341 e. The van der Waals surface area contributed by atoms with Gasteiger partial charge in [-0.3, -0.25) is 0 Å². The number of ether oxygens (including phenoxy) is 2. The molecule has 0 aliphatic heterocycles. The Balaban J connectivity index is 2.54. The zero-order valence-corrected chi connectivity index (χ0v) is 16.5. The molecule has 0 saturated heterocycles. The molecule has 2 N–H and O–H groups in total. The van der Waals surface area contributed by atoms with Gasteiger partial charge in [0.25, 0.3) is 0 Å². The number of benzene rings is 1. The predicted molar refractivity (Wildman–Crippen MR) is 105 cm³/mol. The Labute approximate surface area is 156 Å². The molecule has 0 aliphatic carbocycles. The highest BCUT2D eigenvalue weighted by molar-refractivity contribution is 7.80. The van der Waals surface area contributed by atoms with Gasteiger partial charge in [-0.05, 0) is 42.3 Å². The van der Waals surface area contributed by atoms with Crippen LogP contribution in [0.25, 0.3) is 0 Å². The number of hydrogen-bond donors (Lipinski definition) is 2. The Morgan fingerprint density at radius 3 is 2.60 bits per heavy atom. The molecule has 5 nitrogen and oxygen atoms in total. The van der Waals surface area contributed by atoms with Crippen LogP contribution in [-0.2, 0) is 11.3 Å². The van der Waals surface area contributed by atoms with Gasteiger partial charge in [-0.15, -0.1) is 0 Å². The van der Waals surface area contributed by atoms with E-state index in [9.17, 15) is 4.79 Å². The lowest BCUT2D eigenvalue weighted by Gasteiger charge is -2.17. The Morgan fingerprint density at radius 1 is 1.24 bits per heavy atom. The molecule has 0 saturated carbocycles. The molecular weight excluding hydrogens is 336 g/mol. The zero-order chi connectivity index (χ0) is 18.7. The third kappa shape index (κ3) is 7.30. The maximum Gasteiger partial charge on any atom is 0.341 e. The molecule has 140 valence electrons. The summed E-state index contributed by atoms with van der Waals surface area (Å²) in [5.74, 6) is 0.728. The summed E-state index contributed by atoms with van der Waals surface area (Å²) in [6, 6.07) is 5.42. The molecule has 1 rings (SSSR count). The lowest BCUT2D eigenvalue weighted by Crippen LogP contribution is -2.37. The van der Waals surface area contributed by atoms with Crippen LogP contribution >= 0.6 is 12.2 Å². The molecule has 0 spiro atoms. The van der Waals surface area contributed by atoms with Gasteiger partial charge in [0.1, 0.15) is 11.3 Å². The second-order valence-corrected chi connectivity index (χ2v) is 6.41. The average molecular weight is 367 g/mol. The highest BCUT2D eigenvalue weighted by Crippen LogP contribution is 2.20. The number of unbranched alkanes of at least 4 members (excludes halogenated alkanes) is 1. The molecule has 1 aromatic rings. The van der Waals surface area contributed by atoms with Crippen LogP contribution < -0.4 is 15.4 Å². The van der Waals surface area contributed by atoms with Crippen LogP contribution in [-0.4, -0.2) is 31.8 Å². The number of hydrogen-bond acceptors (Lipinski definition) is 4. The molecular formula is C19H30N2O3S. The standard InChI is InChI=1S/C19H30N2O3S/c1-5-7-8-14(6-2)12-20-19(25)21-13-15-9-10-17(23-3)16(11-15)18(22)24-4/h9-11,14H,5-8,12-13H2,1-4H3,(H2,20,21,25)/t14-/m0/s1. The molecule has 0 radical (unpaired) electrons. The van der Waals surface area contributed by atoms with E-state index in [0.29, 0.717) is 28.9 Å². The highest BCUT2D eigenvalue weighted by Gasteiger charge is 2.13. The largest absolute Gasteiger partial charge is 0.496 e. The Bertz CT molecular complexity index is 564. The van der Waals surface area contributed by atoms with Crippen LogP contribution in [0.5, 0.6) is 5.75 Å². The van der Waals surface area contributed by atoms with E-state index < -0.39 is 5.97 Å². The zero-order valence-electron chi connectivity index (χ0n) is 15.7. The van der Waals surface area contributed by atoms with Gasteiger partial charge in [-0.1, -0.05) is 39.2 Å². The molecule has 0 bridgehead atoms. The third-order valence-electron chi connectivity index (χ3n) is 4.22. The predicted octanol–water partition coefficient (Wildman–Crippen LogP) is 3.66. The van der Waals surface area contributed by atoms with Crippen molar-refractivity contribution < 1.29 is 14.3 Å². The molecule has 0 unspecified atom stereocenters. The van der Waals surface area contributed by atoms with E-state index >= 15 is 0 Å². The van der Waals surface area contributed by atoms with E-state index in [0.717, 1.165) is 18.5 Å². The van der Waals surface area contributed by atoms with E-state index in [-0.39, 0.29) is 0 Å². The first-order chi connectivity index (χ1) is 12.0. The highest BCUT2D eigenvalue weighted by atomic mass is 32.1. The SMILES string of the molecule is CCCC[C@H](CC)CNC(=S)NCc1ccc(OC)c(C(=O)OC)c1. The summed E-state index contributed by atoms with van der Waals surface area (Å²) < 4.78 is 9.99. The minimum absolute atomic E-state index is 0.411. The van der Waals surface area contributed by atoms with Crippen molar-refractivity contribution in [3.05, 3.63) is 29.3 Å². The number of rotatable bonds is 10. The van der Waals surface area contributed by atoms with E-state index in [4.69, 9.17) is 21.7 Å². The number of nitrogens with one attached hydrogen (secondary N) is 2. The minimum Gasteiger partial charge on any atom is -0.496 e. The third-order valence-corrected chi connectivity index (χ3v) is 4.51. The maximum atomic E-state index is 11.8. The summed E-state index contributed by atoms with van der Waals surface area (Å²) in [4.78, 5) is 11.8. The lowest BCUT2D eigenvalue weighted by atomic mass is 9.99. The van der Waals surface area contributed by atoms with Crippen LogP contribution in [0.4, 0.5) is 0 Å². The summed E-state index contributed by atoms with van der Waals surface area (Å²) in [5, 5.41) is 7.10. The van der Waals surface area contributed by atoms with Gasteiger partial charge in [0.2, 0.25) is 0 Å². The molecule has 0 aliphatic rings. The molecule has 6 heteroatoms. The van der Waals surface area contributed by atoms with Crippen LogP contribution in [0.15, 0.2) is 18.2 Å². The summed E-state index contributed by atoms with van der Waals surface area (Å²) in [7, 11) is 2.88. The number of thiocarbonyl (C=S) groups is 1. The minimum atomic E-state index is -0.416. The summed E-state index contributed by atoms with van der Waals surface area (Å²) in [6.07, 6.45) is 4.85. The van der Waals surface area contributed by atoms with Crippen molar-refractivity contribution in [2.45, 2.75) is 46.1 Å². The van der Waals surface area contributed by atoms with Gasteiger partial charge in [0, 0.05) is 13.1 Å². The van der Waals surface area contributed by atoms with E-state index in [2.05, 4.69) is 24.5 Å². The number of carbonyl (C=O) groups is 1. The Hall–Kier alpha value is -1.82. The monoisotopic (exact) mass is 366 g/mol. The van der Waals surface area contributed by atoms with Crippen molar-refractivity contribution in [3.8, 4) is 5.75 Å². The molecule has 1 atom stereocenters. The summed E-state index contributed by atoms with van der Waals surface area (Å²) >= 11 is 5.35. The molecule has 0 amide bonds. The Kier molecular flexibility index (Phi) is 9.92. The van der Waals surface area contributed by atoms with Crippen LogP contribution in [0.3, 0.4) is 0 Å². The van der Waals surface area contributed by atoms with Gasteiger partial charge in [-0.2, -0.15) is 0 Å². The first kappa shape index (κ1) is 21.2. The quantitative estimate of drug-likeness (QED) is 0.487.